The highest BCUT2D eigenvalue weighted by Gasteiger charge is 2.27. The number of nitrogens with zero attached hydrogens (tertiary/aromatic N) is 3. The summed E-state index contributed by atoms with van der Waals surface area (Å²) in [5.41, 5.74) is 0.977. The first kappa shape index (κ1) is 18.1. The minimum absolute atomic E-state index is 0.0177. The van der Waals surface area contributed by atoms with Gasteiger partial charge in [-0.2, -0.15) is 11.3 Å². The van der Waals surface area contributed by atoms with Crippen LogP contribution < -0.4 is 15.8 Å². The Kier molecular flexibility index (Phi) is 4.78. The van der Waals surface area contributed by atoms with Crippen molar-refractivity contribution in [2.24, 2.45) is 0 Å². The molecule has 2 aromatic heterocycles. The maximum atomic E-state index is 12.2. The van der Waals surface area contributed by atoms with E-state index in [1.807, 2.05) is 10.3 Å². The maximum absolute atomic E-state index is 12.2. The second kappa shape index (κ2) is 7.39. The number of nitrogens with one attached hydrogen (secondary N) is 2. The van der Waals surface area contributed by atoms with Crippen LogP contribution in [0.4, 0.5) is 11.4 Å². The molecular formula is C18H17N5O4S. The third-order valence-corrected chi connectivity index (χ3v) is 5.57. The van der Waals surface area contributed by atoms with Gasteiger partial charge in [0.25, 0.3) is 17.2 Å². The van der Waals surface area contributed by atoms with Crippen LogP contribution in [0, 0.1) is 10.1 Å². The number of carbonyl (C=O) groups is 1. The van der Waals surface area contributed by atoms with Crippen LogP contribution in [-0.4, -0.2) is 39.9 Å². The van der Waals surface area contributed by atoms with Crippen LogP contribution in [0.2, 0.25) is 0 Å². The Hall–Kier alpha value is -3.27. The monoisotopic (exact) mass is 399 g/mol. The highest BCUT2D eigenvalue weighted by molar-refractivity contribution is 7.08. The lowest BCUT2D eigenvalue weighted by Gasteiger charge is -2.33. The van der Waals surface area contributed by atoms with Crippen LogP contribution in [0.1, 0.15) is 23.2 Å². The molecule has 10 heteroatoms. The van der Waals surface area contributed by atoms with Crippen molar-refractivity contribution < 1.29 is 9.72 Å². The van der Waals surface area contributed by atoms with E-state index in [2.05, 4.69) is 15.3 Å². The molecule has 0 aliphatic carbocycles. The van der Waals surface area contributed by atoms with Crippen molar-refractivity contribution in [3.63, 3.8) is 0 Å². The average Bonchev–Trinajstić information content (AvgIpc) is 3.23. The molecule has 3 aromatic rings. The van der Waals surface area contributed by atoms with Gasteiger partial charge >= 0.3 is 0 Å². The first-order valence-corrected chi connectivity index (χ1v) is 9.71. The van der Waals surface area contributed by atoms with Crippen molar-refractivity contribution in [3.8, 4) is 0 Å². The average molecular weight is 399 g/mol. The number of aromatic amines is 1. The third kappa shape index (κ3) is 3.46. The molecule has 0 unspecified atom stereocenters. The van der Waals surface area contributed by atoms with Gasteiger partial charge in [0.05, 0.1) is 22.2 Å². The van der Waals surface area contributed by atoms with E-state index in [1.165, 1.54) is 23.7 Å². The molecule has 1 saturated heterocycles. The second-order valence-electron chi connectivity index (χ2n) is 6.59. The summed E-state index contributed by atoms with van der Waals surface area (Å²) < 4.78 is 0. The Morgan fingerprint density at radius 1 is 1.36 bits per heavy atom. The molecular weight excluding hydrogens is 382 g/mol. The lowest BCUT2D eigenvalue weighted by atomic mass is 10.0. The molecule has 0 bridgehead atoms. The lowest BCUT2D eigenvalue weighted by molar-refractivity contribution is -0.384. The molecule has 144 valence electrons. The van der Waals surface area contributed by atoms with Crippen molar-refractivity contribution in [2.75, 3.05) is 18.0 Å². The number of benzene rings is 1. The first-order valence-electron chi connectivity index (χ1n) is 8.77. The van der Waals surface area contributed by atoms with Gasteiger partial charge in [-0.05, 0) is 30.4 Å². The van der Waals surface area contributed by atoms with Crippen LogP contribution in [0.5, 0.6) is 0 Å². The number of nitro groups is 1. The summed E-state index contributed by atoms with van der Waals surface area (Å²) in [5.74, 6) is -0.0974. The Morgan fingerprint density at radius 3 is 2.82 bits per heavy atom. The summed E-state index contributed by atoms with van der Waals surface area (Å²) in [6, 6.07) is 4.67. The molecule has 0 spiro atoms. The molecule has 28 heavy (non-hydrogen) atoms. The van der Waals surface area contributed by atoms with Gasteiger partial charge in [-0.1, -0.05) is 0 Å². The van der Waals surface area contributed by atoms with E-state index >= 15 is 0 Å². The van der Waals surface area contributed by atoms with Crippen LogP contribution in [0.25, 0.3) is 10.9 Å². The number of hydrogen-bond donors (Lipinski definition) is 2. The lowest BCUT2D eigenvalue weighted by Crippen LogP contribution is -2.44. The minimum atomic E-state index is -0.481. The molecule has 0 saturated carbocycles. The largest absolute Gasteiger partial charge is 0.366 e. The molecule has 4 rings (SSSR count). The van der Waals surface area contributed by atoms with E-state index in [-0.39, 0.29) is 23.0 Å². The number of thiophene rings is 1. The van der Waals surface area contributed by atoms with Crippen LogP contribution in [0.15, 0.2) is 40.1 Å². The summed E-state index contributed by atoms with van der Waals surface area (Å²) in [5, 5.41) is 18.4. The number of piperidine rings is 1. The minimum Gasteiger partial charge on any atom is -0.366 e. The summed E-state index contributed by atoms with van der Waals surface area (Å²) >= 11 is 1.47. The third-order valence-electron chi connectivity index (χ3n) is 4.89. The first-order chi connectivity index (χ1) is 13.5. The zero-order valence-electron chi connectivity index (χ0n) is 14.8. The quantitative estimate of drug-likeness (QED) is 0.513. The SMILES string of the molecule is O=C(NC1CCN(c2cc3nc[nH]c(=O)c3cc2[N+](=O)[O-])CC1)c1ccsc1. The molecule has 1 fully saturated rings. The van der Waals surface area contributed by atoms with Gasteiger partial charge in [0.15, 0.2) is 0 Å². The predicted octanol–water partition coefficient (Wildman–Crippen LogP) is 2.29. The molecule has 1 aromatic carbocycles. The normalized spacial score (nSPS) is 14.9. The van der Waals surface area contributed by atoms with E-state index < -0.39 is 10.5 Å². The van der Waals surface area contributed by atoms with Crippen molar-refractivity contribution in [2.45, 2.75) is 18.9 Å². The number of hydrogen-bond acceptors (Lipinski definition) is 7. The van der Waals surface area contributed by atoms with Gasteiger partial charge in [-0.3, -0.25) is 19.7 Å². The number of carbonyl (C=O) groups excluding carboxylic acids is 1. The summed E-state index contributed by atoms with van der Waals surface area (Å²) in [4.78, 5) is 43.6. The fourth-order valence-corrected chi connectivity index (χ4v) is 4.06. The van der Waals surface area contributed by atoms with Gasteiger partial charge in [0.2, 0.25) is 0 Å². The zero-order chi connectivity index (χ0) is 19.7. The number of nitro benzene ring substituents is 1. The van der Waals surface area contributed by atoms with Gasteiger partial charge < -0.3 is 15.2 Å². The van der Waals surface area contributed by atoms with Crippen molar-refractivity contribution in [3.05, 3.63) is 61.3 Å². The Bertz CT molecular complexity index is 1090. The topological polar surface area (TPSA) is 121 Å². The Morgan fingerprint density at radius 2 is 2.14 bits per heavy atom. The molecule has 3 heterocycles. The number of amides is 1. The van der Waals surface area contributed by atoms with Crippen LogP contribution >= 0.6 is 11.3 Å². The number of aromatic nitrogens is 2. The maximum Gasteiger partial charge on any atom is 0.293 e. The van der Waals surface area contributed by atoms with Crippen LogP contribution in [-0.2, 0) is 0 Å². The van der Waals surface area contributed by atoms with Crippen molar-refractivity contribution in [1.82, 2.24) is 15.3 Å². The van der Waals surface area contributed by atoms with E-state index in [1.54, 1.807) is 17.5 Å². The zero-order valence-corrected chi connectivity index (χ0v) is 15.6. The molecule has 2 N–H and O–H groups in total. The number of anilines is 1. The standard InChI is InChI=1S/C18H17N5O4S/c24-17(11-3-6-28-9-11)21-12-1-4-22(5-2-12)15-8-14-13(7-16(15)23(26)27)18(25)20-10-19-14/h3,6-10,12H,1-2,4-5H2,(H,21,24)(H,19,20,25). The molecule has 1 aliphatic rings. The Labute approximate surface area is 163 Å². The number of H-pyrrole nitrogens is 1. The fourth-order valence-electron chi connectivity index (χ4n) is 3.42. The smallest absolute Gasteiger partial charge is 0.293 e. The fraction of sp³-hybridized carbons (Fsp3) is 0.278. The predicted molar refractivity (Wildman–Crippen MR) is 106 cm³/mol. The van der Waals surface area contributed by atoms with Crippen LogP contribution in [0.3, 0.4) is 0 Å². The van der Waals surface area contributed by atoms with Gasteiger partial charge in [-0.15, -0.1) is 0 Å². The van der Waals surface area contributed by atoms with E-state index in [0.29, 0.717) is 42.7 Å². The summed E-state index contributed by atoms with van der Waals surface area (Å²) in [7, 11) is 0. The van der Waals surface area contributed by atoms with E-state index in [4.69, 9.17) is 0 Å². The van der Waals surface area contributed by atoms with Crippen molar-refractivity contribution >= 4 is 39.5 Å². The molecule has 9 nitrogen and oxygen atoms in total. The molecule has 0 radical (unpaired) electrons. The summed E-state index contributed by atoms with van der Waals surface area (Å²) in [6.45, 7) is 1.12. The second-order valence-corrected chi connectivity index (χ2v) is 7.37. The van der Waals surface area contributed by atoms with Crippen molar-refractivity contribution in [1.29, 1.82) is 0 Å². The molecule has 0 atom stereocenters. The highest BCUT2D eigenvalue weighted by Crippen LogP contribution is 2.33. The molecule has 1 amide bonds. The van der Waals surface area contributed by atoms with Gasteiger partial charge in [0.1, 0.15) is 5.69 Å². The Balaban J connectivity index is 1.53. The van der Waals surface area contributed by atoms with E-state index in [0.717, 1.165) is 0 Å². The molecule has 1 aliphatic heterocycles. The number of fused-ring (bicyclic) bond motifs is 1. The van der Waals surface area contributed by atoms with Gasteiger partial charge in [0, 0.05) is 36.1 Å². The van der Waals surface area contributed by atoms with E-state index in [9.17, 15) is 19.7 Å². The highest BCUT2D eigenvalue weighted by atomic mass is 32.1. The summed E-state index contributed by atoms with van der Waals surface area (Å²) in [6.07, 6.45) is 2.63. The van der Waals surface area contributed by atoms with Gasteiger partial charge in [-0.25, -0.2) is 4.98 Å². The number of rotatable bonds is 4.